The normalized spacial score (nSPS) is 10.2. The smallest absolute Gasteiger partial charge is 0.261 e. The summed E-state index contributed by atoms with van der Waals surface area (Å²) in [6.07, 6.45) is 0. The lowest BCUT2D eigenvalue weighted by Crippen LogP contribution is -2.28. The summed E-state index contributed by atoms with van der Waals surface area (Å²) in [5.74, 6) is -1.52. The van der Waals surface area contributed by atoms with Gasteiger partial charge in [-0.25, -0.2) is 4.39 Å². The number of amides is 1. The van der Waals surface area contributed by atoms with Gasteiger partial charge in [0.2, 0.25) is 0 Å². The summed E-state index contributed by atoms with van der Waals surface area (Å²) in [5, 5.41) is 9.70. The van der Waals surface area contributed by atoms with Gasteiger partial charge in [-0.3, -0.25) is 4.79 Å². The van der Waals surface area contributed by atoms with Crippen molar-refractivity contribution < 1.29 is 14.3 Å². The van der Waals surface area contributed by atoms with Crippen LogP contribution >= 0.6 is 12.2 Å². The van der Waals surface area contributed by atoms with Crippen molar-refractivity contribution in [3.63, 3.8) is 0 Å². The fourth-order valence-corrected chi connectivity index (χ4v) is 2.12. The molecular formula is C15H13FN2O2S. The molecule has 0 saturated carbocycles. The van der Waals surface area contributed by atoms with Crippen LogP contribution in [0, 0.1) is 5.82 Å². The zero-order valence-electron chi connectivity index (χ0n) is 11.2. The number of para-hydroxylation sites is 1. The fourth-order valence-electron chi connectivity index (χ4n) is 1.95. The monoisotopic (exact) mass is 304 g/mol. The van der Waals surface area contributed by atoms with Crippen molar-refractivity contribution in [2.75, 3.05) is 11.9 Å². The van der Waals surface area contributed by atoms with Crippen LogP contribution in [0.15, 0.2) is 42.5 Å². The first-order valence-electron chi connectivity index (χ1n) is 6.07. The van der Waals surface area contributed by atoms with Crippen LogP contribution in [0.1, 0.15) is 15.9 Å². The number of rotatable bonds is 3. The Kier molecular flexibility index (Phi) is 4.18. The minimum absolute atomic E-state index is 0.00311. The molecule has 0 fully saturated rings. The number of benzene rings is 2. The third kappa shape index (κ3) is 3.00. The Hall–Kier alpha value is -2.47. The van der Waals surface area contributed by atoms with E-state index in [0.29, 0.717) is 11.3 Å². The van der Waals surface area contributed by atoms with Gasteiger partial charge in [0.05, 0.1) is 11.3 Å². The lowest BCUT2D eigenvalue weighted by molar-refractivity contribution is 0.0990. The molecule has 0 bridgehead atoms. The minimum atomic E-state index is -0.616. The highest BCUT2D eigenvalue weighted by atomic mass is 32.1. The topological polar surface area (TPSA) is 66.6 Å². The number of phenolic OH excluding ortho intramolecular Hbond substituents is 1. The number of carbonyl (C=O) groups is 1. The lowest BCUT2D eigenvalue weighted by atomic mass is 10.1. The first-order valence-corrected chi connectivity index (χ1v) is 6.48. The quantitative estimate of drug-likeness (QED) is 0.855. The number of carbonyl (C=O) groups excluding carboxylic acids is 1. The van der Waals surface area contributed by atoms with Crippen molar-refractivity contribution in [2.45, 2.75) is 0 Å². The Bertz CT molecular complexity index is 719. The average molecular weight is 304 g/mol. The maximum atomic E-state index is 13.0. The Morgan fingerprint density at radius 2 is 1.90 bits per heavy atom. The van der Waals surface area contributed by atoms with Crippen molar-refractivity contribution in [3.8, 4) is 5.75 Å². The number of nitrogens with zero attached hydrogens (tertiary/aromatic N) is 1. The third-order valence-corrected chi connectivity index (χ3v) is 3.25. The Balaban J connectivity index is 2.42. The molecule has 21 heavy (non-hydrogen) atoms. The molecule has 1 amide bonds. The van der Waals surface area contributed by atoms with E-state index in [1.54, 1.807) is 24.3 Å². The second-order valence-electron chi connectivity index (χ2n) is 4.41. The standard InChI is InChI=1S/C15H13FN2O2S/c1-18(12-5-3-2-4-10(12)14(17)21)15(20)11-7-6-9(16)8-13(11)19/h2-8,19H,1H3,(H2,17,21). The number of thiocarbonyl (C=S) groups is 1. The molecule has 0 unspecified atom stereocenters. The van der Waals surface area contributed by atoms with Gasteiger partial charge in [-0.2, -0.15) is 0 Å². The van der Waals surface area contributed by atoms with Gasteiger partial charge in [0.15, 0.2) is 0 Å². The Morgan fingerprint density at radius 3 is 2.52 bits per heavy atom. The van der Waals surface area contributed by atoms with E-state index in [1.807, 2.05) is 0 Å². The molecule has 108 valence electrons. The predicted molar refractivity (Wildman–Crippen MR) is 83.1 cm³/mol. The lowest BCUT2D eigenvalue weighted by Gasteiger charge is -2.20. The molecule has 0 aliphatic rings. The summed E-state index contributed by atoms with van der Waals surface area (Å²) in [6.45, 7) is 0. The second-order valence-corrected chi connectivity index (χ2v) is 4.85. The molecule has 0 atom stereocenters. The Morgan fingerprint density at radius 1 is 1.24 bits per heavy atom. The highest BCUT2D eigenvalue weighted by molar-refractivity contribution is 7.80. The van der Waals surface area contributed by atoms with E-state index in [4.69, 9.17) is 18.0 Å². The van der Waals surface area contributed by atoms with E-state index in [9.17, 15) is 14.3 Å². The number of hydrogen-bond donors (Lipinski definition) is 2. The van der Waals surface area contributed by atoms with Gasteiger partial charge in [-0.05, 0) is 24.3 Å². The number of hydrogen-bond acceptors (Lipinski definition) is 3. The molecule has 0 aromatic heterocycles. The molecule has 2 rings (SSSR count). The first kappa shape index (κ1) is 14.9. The highest BCUT2D eigenvalue weighted by Crippen LogP contribution is 2.25. The van der Waals surface area contributed by atoms with Gasteiger partial charge >= 0.3 is 0 Å². The molecule has 4 nitrogen and oxygen atoms in total. The first-order chi connectivity index (χ1) is 9.91. The zero-order valence-corrected chi connectivity index (χ0v) is 12.0. The number of anilines is 1. The molecule has 0 spiro atoms. The van der Waals surface area contributed by atoms with Gasteiger partial charge in [0.25, 0.3) is 5.91 Å². The number of nitrogens with two attached hydrogens (primary N) is 1. The minimum Gasteiger partial charge on any atom is -0.507 e. The number of phenols is 1. The SMILES string of the molecule is CN(C(=O)c1ccc(F)cc1O)c1ccccc1C(N)=S. The van der Waals surface area contributed by atoms with Crippen LogP contribution in [-0.2, 0) is 0 Å². The summed E-state index contributed by atoms with van der Waals surface area (Å²) >= 11 is 4.96. The third-order valence-electron chi connectivity index (χ3n) is 3.03. The van der Waals surface area contributed by atoms with Crippen LogP contribution in [0.2, 0.25) is 0 Å². The van der Waals surface area contributed by atoms with Gasteiger partial charge in [0.1, 0.15) is 16.6 Å². The molecule has 2 aromatic carbocycles. The van der Waals surface area contributed by atoms with E-state index < -0.39 is 17.5 Å². The molecule has 2 aromatic rings. The largest absolute Gasteiger partial charge is 0.507 e. The molecule has 0 aliphatic carbocycles. The van der Waals surface area contributed by atoms with Crippen molar-refractivity contribution >= 4 is 28.8 Å². The maximum Gasteiger partial charge on any atom is 0.261 e. The van der Waals surface area contributed by atoms with Gasteiger partial charge < -0.3 is 15.7 Å². The van der Waals surface area contributed by atoms with E-state index in [2.05, 4.69) is 0 Å². The van der Waals surface area contributed by atoms with Gasteiger partial charge in [-0.1, -0.05) is 24.4 Å². The average Bonchev–Trinajstić information content (AvgIpc) is 2.45. The van der Waals surface area contributed by atoms with Crippen molar-refractivity contribution in [2.24, 2.45) is 5.73 Å². The van der Waals surface area contributed by atoms with Crippen LogP contribution in [0.5, 0.6) is 5.75 Å². The number of halogens is 1. The van der Waals surface area contributed by atoms with Crippen molar-refractivity contribution in [1.82, 2.24) is 0 Å². The van der Waals surface area contributed by atoms with Crippen molar-refractivity contribution in [3.05, 3.63) is 59.4 Å². The predicted octanol–water partition coefficient (Wildman–Crippen LogP) is 2.44. The molecule has 6 heteroatoms. The molecule has 0 radical (unpaired) electrons. The van der Waals surface area contributed by atoms with Crippen LogP contribution in [-0.4, -0.2) is 23.0 Å². The van der Waals surface area contributed by atoms with E-state index in [0.717, 1.165) is 12.1 Å². The second kappa shape index (κ2) is 5.88. The van der Waals surface area contributed by atoms with Crippen LogP contribution < -0.4 is 10.6 Å². The Labute approximate surface area is 126 Å². The summed E-state index contributed by atoms with van der Waals surface area (Å²) in [5.41, 5.74) is 6.69. The van der Waals surface area contributed by atoms with E-state index in [-0.39, 0.29) is 10.6 Å². The summed E-state index contributed by atoms with van der Waals surface area (Å²) in [7, 11) is 1.53. The van der Waals surface area contributed by atoms with Crippen molar-refractivity contribution in [1.29, 1.82) is 0 Å². The van der Waals surface area contributed by atoms with E-state index in [1.165, 1.54) is 18.0 Å². The molecule has 0 heterocycles. The maximum absolute atomic E-state index is 13.0. The van der Waals surface area contributed by atoms with E-state index >= 15 is 0 Å². The highest BCUT2D eigenvalue weighted by Gasteiger charge is 2.20. The zero-order chi connectivity index (χ0) is 15.6. The fraction of sp³-hybridized carbons (Fsp3) is 0.0667. The molecule has 3 N–H and O–H groups in total. The van der Waals surface area contributed by atoms with Crippen LogP contribution in [0.3, 0.4) is 0 Å². The van der Waals surface area contributed by atoms with Crippen LogP contribution in [0.25, 0.3) is 0 Å². The van der Waals surface area contributed by atoms with Crippen LogP contribution in [0.4, 0.5) is 10.1 Å². The summed E-state index contributed by atoms with van der Waals surface area (Å²) in [4.78, 5) is 13.9. The van der Waals surface area contributed by atoms with Gasteiger partial charge in [0, 0.05) is 18.7 Å². The van der Waals surface area contributed by atoms with Gasteiger partial charge in [-0.15, -0.1) is 0 Å². The summed E-state index contributed by atoms with van der Waals surface area (Å²) < 4.78 is 13.0. The molecule has 0 saturated heterocycles. The molecular weight excluding hydrogens is 291 g/mol. The number of aromatic hydroxyl groups is 1. The molecule has 0 aliphatic heterocycles. The summed E-state index contributed by atoms with van der Waals surface area (Å²) in [6, 6.07) is 10.1.